The highest BCUT2D eigenvalue weighted by atomic mass is 19.4. The molecular weight excluding hydrogens is 538 g/mol. The number of nitrogens with one attached hydrogen (secondary N) is 2. The third kappa shape index (κ3) is 8.19. The van der Waals surface area contributed by atoms with Crippen molar-refractivity contribution in [2.45, 2.75) is 58.6 Å². The van der Waals surface area contributed by atoms with Crippen molar-refractivity contribution < 1.29 is 45.8 Å². The number of benzene rings is 1. The zero-order chi connectivity index (χ0) is 29.9. The number of hydrogen-bond acceptors (Lipinski definition) is 5. The minimum absolute atomic E-state index is 0.0277. The van der Waals surface area contributed by atoms with Gasteiger partial charge >= 0.3 is 18.4 Å². The Balaban J connectivity index is 2.17. The largest absolute Gasteiger partial charge is 0.465 e. The predicted octanol–water partition coefficient (Wildman–Crippen LogP) is 4.40. The van der Waals surface area contributed by atoms with E-state index >= 15 is 0 Å². The molecule has 3 N–H and O–H groups in total. The van der Waals surface area contributed by atoms with Crippen LogP contribution in [0.1, 0.15) is 45.7 Å². The van der Waals surface area contributed by atoms with E-state index in [4.69, 9.17) is 0 Å². The Morgan fingerprint density at radius 2 is 1.51 bits per heavy atom. The van der Waals surface area contributed by atoms with E-state index in [9.17, 15) is 45.8 Å². The maximum atomic E-state index is 13.1. The summed E-state index contributed by atoms with van der Waals surface area (Å²) in [7, 11) is 0. The summed E-state index contributed by atoms with van der Waals surface area (Å²) >= 11 is 0. The Bertz CT molecular complexity index is 1210. The van der Waals surface area contributed by atoms with E-state index in [-0.39, 0.29) is 6.07 Å². The molecule has 1 heterocycles. The maximum absolute atomic E-state index is 13.1. The van der Waals surface area contributed by atoms with Gasteiger partial charge in [0.05, 0.1) is 11.1 Å². The van der Waals surface area contributed by atoms with Crippen LogP contribution >= 0.6 is 0 Å². The number of carbonyl (C=O) groups is 3. The predicted molar refractivity (Wildman–Crippen MR) is 125 cm³/mol. The Morgan fingerprint density at radius 3 is 1.95 bits per heavy atom. The van der Waals surface area contributed by atoms with Crippen LogP contribution in [0.4, 0.5) is 31.1 Å². The minimum atomic E-state index is -5.05. The second-order valence-corrected chi connectivity index (χ2v) is 9.65. The molecule has 0 aliphatic heterocycles. The number of nitrogens with zero attached hydrogens (tertiary/aromatic N) is 4. The van der Waals surface area contributed by atoms with Crippen LogP contribution in [0, 0.1) is 5.92 Å². The number of carboxylic acid groups (broad SMARTS) is 1. The van der Waals surface area contributed by atoms with E-state index in [2.05, 4.69) is 20.9 Å². The van der Waals surface area contributed by atoms with E-state index < -0.39 is 70.3 Å². The topological polar surface area (TPSA) is 129 Å². The van der Waals surface area contributed by atoms with Crippen LogP contribution < -0.4 is 10.9 Å². The van der Waals surface area contributed by atoms with Crippen molar-refractivity contribution in [2.75, 3.05) is 0 Å². The maximum Gasteiger partial charge on any atom is 0.416 e. The van der Waals surface area contributed by atoms with Gasteiger partial charge in [-0.2, -0.15) is 26.3 Å². The second kappa shape index (κ2) is 11.3. The number of alkyl halides is 6. The summed E-state index contributed by atoms with van der Waals surface area (Å²) in [5, 5.41) is 13.3. The van der Waals surface area contributed by atoms with Crippen molar-refractivity contribution in [1.29, 1.82) is 0 Å². The van der Waals surface area contributed by atoms with E-state index in [0.717, 1.165) is 28.2 Å². The summed E-state index contributed by atoms with van der Waals surface area (Å²) in [5.41, 5.74) is -0.380. The molecule has 0 aliphatic carbocycles. The molecule has 2 rings (SSSR count). The lowest BCUT2D eigenvalue weighted by Gasteiger charge is -2.40. The number of carbonyl (C=O) groups excluding carboxylic acids is 2. The summed E-state index contributed by atoms with van der Waals surface area (Å²) < 4.78 is 79.5. The summed E-state index contributed by atoms with van der Waals surface area (Å²) in [6.45, 7) is 8.04. The van der Waals surface area contributed by atoms with E-state index in [1.807, 2.05) is 0 Å². The van der Waals surface area contributed by atoms with Gasteiger partial charge in [0, 0.05) is 23.4 Å². The van der Waals surface area contributed by atoms with Gasteiger partial charge < -0.3 is 5.11 Å². The molecule has 3 amide bonds. The van der Waals surface area contributed by atoms with Crippen LogP contribution in [0.25, 0.3) is 17.6 Å². The molecule has 2 aromatic rings. The third-order valence-corrected chi connectivity index (χ3v) is 5.15. The number of aromatic nitrogens is 3. The van der Waals surface area contributed by atoms with Gasteiger partial charge in [-0.3, -0.25) is 25.3 Å². The van der Waals surface area contributed by atoms with Crippen molar-refractivity contribution in [3.8, 4) is 11.4 Å². The van der Waals surface area contributed by atoms with Gasteiger partial charge in [0.25, 0.3) is 11.8 Å². The third-order valence-electron chi connectivity index (χ3n) is 5.15. The molecule has 0 bridgehead atoms. The first-order valence-electron chi connectivity index (χ1n) is 11.2. The fraction of sp³-hybridized carbons (Fsp3) is 0.435. The molecular formula is C23H26F6N6O4. The van der Waals surface area contributed by atoms with Crippen molar-refractivity contribution in [1.82, 2.24) is 30.5 Å². The lowest BCUT2D eigenvalue weighted by atomic mass is 9.96. The Labute approximate surface area is 218 Å². The summed E-state index contributed by atoms with van der Waals surface area (Å²) in [6, 6.07) is -0.257. The van der Waals surface area contributed by atoms with Crippen LogP contribution in [0.2, 0.25) is 0 Å². The zero-order valence-corrected chi connectivity index (χ0v) is 21.3. The quantitative estimate of drug-likeness (QED) is 0.271. The number of hydrazine groups is 1. The molecule has 0 aliphatic rings. The first kappa shape index (κ1) is 31.1. The van der Waals surface area contributed by atoms with Gasteiger partial charge in [-0.1, -0.05) is 13.8 Å². The van der Waals surface area contributed by atoms with Crippen LogP contribution in [-0.4, -0.2) is 54.3 Å². The molecule has 39 heavy (non-hydrogen) atoms. The molecule has 0 saturated carbocycles. The van der Waals surface area contributed by atoms with E-state index in [1.165, 1.54) is 0 Å². The molecule has 0 spiro atoms. The Hall–Kier alpha value is -4.11. The molecule has 214 valence electrons. The second-order valence-electron chi connectivity index (χ2n) is 9.65. The highest BCUT2D eigenvalue weighted by Crippen LogP contribution is 2.38. The standard InChI is InChI=1S/C23H26F6N6O4/c1-12(2)17(35(20(38)39)21(3,4)5)19(37)32-31-16(36)6-7-34-11-30-18(33-34)13-8-14(22(24,25)26)10-15(9-13)23(27,28)29/h6-12,17H,1-5H3,(H,31,36)(H,32,37)(H,38,39)/b7-6-/t17-/m1/s1. The fourth-order valence-electron chi connectivity index (χ4n) is 3.49. The van der Waals surface area contributed by atoms with Crippen molar-refractivity contribution in [3.05, 3.63) is 41.7 Å². The fourth-order valence-corrected chi connectivity index (χ4v) is 3.49. The Morgan fingerprint density at radius 1 is 0.974 bits per heavy atom. The molecule has 0 saturated heterocycles. The molecule has 1 atom stereocenters. The lowest BCUT2D eigenvalue weighted by Crippen LogP contribution is -2.60. The van der Waals surface area contributed by atoms with Gasteiger partial charge in [-0.05, 0) is 44.9 Å². The normalized spacial score (nSPS) is 13.4. The van der Waals surface area contributed by atoms with Crippen LogP contribution in [0.3, 0.4) is 0 Å². The van der Waals surface area contributed by atoms with Crippen molar-refractivity contribution in [2.24, 2.45) is 5.92 Å². The first-order chi connectivity index (χ1) is 17.7. The van der Waals surface area contributed by atoms with Crippen LogP contribution in [-0.2, 0) is 21.9 Å². The molecule has 0 radical (unpaired) electrons. The summed E-state index contributed by atoms with van der Waals surface area (Å²) in [6.07, 6.45) is -8.68. The van der Waals surface area contributed by atoms with Crippen molar-refractivity contribution in [3.63, 3.8) is 0 Å². The highest BCUT2D eigenvalue weighted by molar-refractivity contribution is 5.93. The van der Waals surface area contributed by atoms with Crippen LogP contribution in [0.15, 0.2) is 30.6 Å². The number of halogens is 6. The smallest absolute Gasteiger partial charge is 0.416 e. The van der Waals surface area contributed by atoms with E-state index in [0.29, 0.717) is 12.1 Å². The van der Waals surface area contributed by atoms with Gasteiger partial charge in [-0.25, -0.2) is 14.5 Å². The van der Waals surface area contributed by atoms with Gasteiger partial charge in [-0.15, -0.1) is 5.10 Å². The van der Waals surface area contributed by atoms with Crippen LogP contribution in [0.5, 0.6) is 0 Å². The molecule has 10 nitrogen and oxygen atoms in total. The van der Waals surface area contributed by atoms with Gasteiger partial charge in [0.1, 0.15) is 12.4 Å². The molecule has 1 aromatic heterocycles. The highest BCUT2D eigenvalue weighted by Gasteiger charge is 2.40. The molecule has 0 unspecified atom stereocenters. The summed E-state index contributed by atoms with van der Waals surface area (Å²) in [4.78, 5) is 41.2. The van der Waals surface area contributed by atoms with Crippen molar-refractivity contribution >= 4 is 24.1 Å². The monoisotopic (exact) mass is 564 g/mol. The average Bonchev–Trinajstić information content (AvgIpc) is 3.26. The lowest BCUT2D eigenvalue weighted by molar-refractivity contribution is -0.143. The zero-order valence-electron chi connectivity index (χ0n) is 21.3. The van der Waals surface area contributed by atoms with E-state index in [1.54, 1.807) is 34.6 Å². The molecule has 0 fully saturated rings. The molecule has 1 aromatic carbocycles. The first-order valence-corrected chi connectivity index (χ1v) is 11.2. The summed E-state index contributed by atoms with van der Waals surface area (Å²) in [5.74, 6) is -2.65. The SMILES string of the molecule is CC(C)[C@H](C(=O)NNC(=O)/C=C\n1cnc(-c2cc(C(F)(F)F)cc(C(F)(F)F)c2)n1)N(C(=O)O)C(C)(C)C. The van der Waals surface area contributed by atoms with Gasteiger partial charge in [0.15, 0.2) is 5.82 Å². The number of rotatable bonds is 6. The molecule has 16 heteroatoms. The Kier molecular flexibility index (Phi) is 9.04. The number of hydrogen-bond donors (Lipinski definition) is 3. The average molecular weight is 564 g/mol. The number of amides is 3. The minimum Gasteiger partial charge on any atom is -0.465 e. The van der Waals surface area contributed by atoms with Gasteiger partial charge in [0.2, 0.25) is 0 Å².